The van der Waals surface area contributed by atoms with E-state index in [0.29, 0.717) is 12.4 Å². The molecule has 1 atom stereocenters. The summed E-state index contributed by atoms with van der Waals surface area (Å²) in [6, 6.07) is 0. The molecule has 1 aromatic rings. The third kappa shape index (κ3) is 2.94. The van der Waals surface area contributed by atoms with Crippen LogP contribution in [0.3, 0.4) is 0 Å². The van der Waals surface area contributed by atoms with Gasteiger partial charge in [0.15, 0.2) is 0 Å². The molecular weight excluding hydrogens is 224 g/mol. The number of aryl methyl sites for hydroxylation is 1. The van der Waals surface area contributed by atoms with Crippen molar-refractivity contribution >= 4 is 11.5 Å². The van der Waals surface area contributed by atoms with Crippen LogP contribution in [-0.4, -0.2) is 34.0 Å². The molecule has 94 valence electrons. The Morgan fingerprint density at radius 2 is 2.53 bits per heavy atom. The molecule has 2 heterocycles. The van der Waals surface area contributed by atoms with E-state index in [4.69, 9.17) is 4.74 Å². The predicted octanol–water partition coefficient (Wildman–Crippen LogP) is 1.31. The highest BCUT2D eigenvalue weighted by Gasteiger charge is 2.20. The molecule has 7 nitrogen and oxygen atoms in total. The van der Waals surface area contributed by atoms with E-state index in [1.807, 2.05) is 0 Å². The maximum absolute atomic E-state index is 10.8. The number of rotatable bonds is 4. The Hall–Kier alpha value is -1.63. The lowest BCUT2D eigenvalue weighted by atomic mass is 10.1. The van der Waals surface area contributed by atoms with E-state index in [1.54, 1.807) is 7.05 Å². The average molecular weight is 240 g/mol. The summed E-state index contributed by atoms with van der Waals surface area (Å²) in [5.41, 5.74) is 0.00306. The Kier molecular flexibility index (Phi) is 3.58. The quantitative estimate of drug-likeness (QED) is 0.633. The van der Waals surface area contributed by atoms with E-state index in [-0.39, 0.29) is 11.8 Å². The van der Waals surface area contributed by atoms with Gasteiger partial charge >= 0.3 is 5.69 Å². The van der Waals surface area contributed by atoms with E-state index in [2.05, 4.69) is 10.4 Å². The molecule has 0 saturated carbocycles. The van der Waals surface area contributed by atoms with Crippen molar-refractivity contribution in [3.05, 3.63) is 16.3 Å². The topological polar surface area (TPSA) is 82.2 Å². The molecule has 1 aliphatic heterocycles. The molecule has 0 spiro atoms. The first-order valence-corrected chi connectivity index (χ1v) is 5.70. The van der Waals surface area contributed by atoms with Gasteiger partial charge in [0.25, 0.3) is 0 Å². The highest BCUT2D eigenvalue weighted by Crippen LogP contribution is 2.22. The van der Waals surface area contributed by atoms with Crippen LogP contribution >= 0.6 is 0 Å². The standard InChI is InChI=1S/C10H16N4O3/c1-13-7-9(14(15)16)10(12-13)11-6-8-4-2-3-5-17-8/h7-8H,2-6H2,1H3,(H,11,12). The van der Waals surface area contributed by atoms with Crippen LogP contribution in [-0.2, 0) is 11.8 Å². The largest absolute Gasteiger partial charge is 0.376 e. The van der Waals surface area contributed by atoms with Gasteiger partial charge in [-0.1, -0.05) is 0 Å². The highest BCUT2D eigenvalue weighted by molar-refractivity contribution is 5.54. The molecule has 7 heteroatoms. The monoisotopic (exact) mass is 240 g/mol. The molecule has 0 bridgehead atoms. The second-order valence-corrected chi connectivity index (χ2v) is 4.16. The molecular formula is C10H16N4O3. The Labute approximate surface area is 98.9 Å². The van der Waals surface area contributed by atoms with Crippen LogP contribution in [0.5, 0.6) is 0 Å². The number of nitrogens with zero attached hydrogens (tertiary/aromatic N) is 3. The first-order valence-electron chi connectivity index (χ1n) is 5.70. The number of nitrogens with one attached hydrogen (secondary N) is 1. The number of hydrogen-bond acceptors (Lipinski definition) is 5. The third-order valence-electron chi connectivity index (χ3n) is 2.78. The molecule has 1 aliphatic rings. The van der Waals surface area contributed by atoms with Gasteiger partial charge in [-0.3, -0.25) is 14.8 Å². The summed E-state index contributed by atoms with van der Waals surface area (Å²) in [6.07, 6.45) is 4.76. The summed E-state index contributed by atoms with van der Waals surface area (Å²) in [6.45, 7) is 1.34. The van der Waals surface area contributed by atoms with Crippen LogP contribution in [0.25, 0.3) is 0 Å². The third-order valence-corrected chi connectivity index (χ3v) is 2.78. The fourth-order valence-corrected chi connectivity index (χ4v) is 1.91. The molecule has 0 aromatic carbocycles. The van der Waals surface area contributed by atoms with E-state index in [1.165, 1.54) is 10.9 Å². The predicted molar refractivity (Wildman–Crippen MR) is 61.9 cm³/mol. The fourth-order valence-electron chi connectivity index (χ4n) is 1.91. The molecule has 1 fully saturated rings. The van der Waals surface area contributed by atoms with Crippen molar-refractivity contribution in [2.45, 2.75) is 25.4 Å². The van der Waals surface area contributed by atoms with Gasteiger partial charge in [-0.05, 0) is 19.3 Å². The summed E-state index contributed by atoms with van der Waals surface area (Å²) in [4.78, 5) is 10.3. The van der Waals surface area contributed by atoms with Crippen molar-refractivity contribution in [2.24, 2.45) is 7.05 Å². The summed E-state index contributed by atoms with van der Waals surface area (Å²) >= 11 is 0. The minimum absolute atomic E-state index is 0.00306. The van der Waals surface area contributed by atoms with E-state index in [0.717, 1.165) is 25.9 Å². The Bertz CT molecular complexity index is 398. The van der Waals surface area contributed by atoms with Crippen molar-refractivity contribution in [2.75, 3.05) is 18.5 Å². The lowest BCUT2D eigenvalue weighted by molar-refractivity contribution is -0.384. The van der Waals surface area contributed by atoms with Crippen molar-refractivity contribution in [1.29, 1.82) is 0 Å². The number of hydrogen-bond donors (Lipinski definition) is 1. The van der Waals surface area contributed by atoms with Crippen LogP contribution in [0, 0.1) is 10.1 Å². The summed E-state index contributed by atoms with van der Waals surface area (Å²) < 4.78 is 6.97. The van der Waals surface area contributed by atoms with Gasteiger partial charge in [0, 0.05) is 20.2 Å². The molecule has 2 rings (SSSR count). The zero-order valence-electron chi connectivity index (χ0n) is 9.76. The lowest BCUT2D eigenvalue weighted by Crippen LogP contribution is -2.27. The van der Waals surface area contributed by atoms with Crippen LogP contribution < -0.4 is 5.32 Å². The zero-order chi connectivity index (χ0) is 12.3. The van der Waals surface area contributed by atoms with E-state index in [9.17, 15) is 10.1 Å². The first-order chi connectivity index (χ1) is 8.16. The maximum atomic E-state index is 10.8. The minimum Gasteiger partial charge on any atom is -0.376 e. The summed E-state index contributed by atoms with van der Waals surface area (Å²) in [7, 11) is 1.66. The second-order valence-electron chi connectivity index (χ2n) is 4.16. The molecule has 1 aromatic heterocycles. The van der Waals surface area contributed by atoms with Gasteiger partial charge in [-0.25, -0.2) is 0 Å². The molecule has 0 aliphatic carbocycles. The molecule has 0 amide bonds. The number of ether oxygens (including phenoxy) is 1. The Morgan fingerprint density at radius 1 is 1.71 bits per heavy atom. The molecule has 1 unspecified atom stereocenters. The number of aromatic nitrogens is 2. The van der Waals surface area contributed by atoms with Crippen molar-refractivity contribution in [3.8, 4) is 0 Å². The van der Waals surface area contributed by atoms with Crippen molar-refractivity contribution in [1.82, 2.24) is 9.78 Å². The van der Waals surface area contributed by atoms with Crippen LogP contribution in [0.4, 0.5) is 11.5 Å². The Morgan fingerprint density at radius 3 is 3.18 bits per heavy atom. The normalized spacial score (nSPS) is 20.2. The van der Waals surface area contributed by atoms with E-state index >= 15 is 0 Å². The fraction of sp³-hybridized carbons (Fsp3) is 0.700. The lowest BCUT2D eigenvalue weighted by Gasteiger charge is -2.22. The number of nitro groups is 1. The van der Waals surface area contributed by atoms with Gasteiger partial charge in [-0.15, -0.1) is 5.10 Å². The first kappa shape index (κ1) is 11.8. The van der Waals surface area contributed by atoms with E-state index < -0.39 is 4.92 Å². The average Bonchev–Trinajstić information content (AvgIpc) is 2.69. The maximum Gasteiger partial charge on any atom is 0.330 e. The number of anilines is 1. The van der Waals surface area contributed by atoms with Crippen LogP contribution in [0.1, 0.15) is 19.3 Å². The van der Waals surface area contributed by atoms with Gasteiger partial charge in [0.1, 0.15) is 6.20 Å². The van der Waals surface area contributed by atoms with Crippen molar-refractivity contribution < 1.29 is 9.66 Å². The van der Waals surface area contributed by atoms with Crippen molar-refractivity contribution in [3.63, 3.8) is 0 Å². The molecule has 1 saturated heterocycles. The van der Waals surface area contributed by atoms with Gasteiger partial charge in [-0.2, -0.15) is 0 Å². The van der Waals surface area contributed by atoms with Gasteiger partial charge < -0.3 is 10.1 Å². The second kappa shape index (κ2) is 5.13. The minimum atomic E-state index is -0.433. The SMILES string of the molecule is Cn1cc([N+](=O)[O-])c(NCC2CCCCO2)n1. The molecule has 0 radical (unpaired) electrons. The van der Waals surface area contributed by atoms with Crippen LogP contribution in [0.15, 0.2) is 6.20 Å². The van der Waals surface area contributed by atoms with Gasteiger partial charge in [0.05, 0.1) is 11.0 Å². The zero-order valence-corrected chi connectivity index (χ0v) is 9.76. The summed E-state index contributed by atoms with van der Waals surface area (Å²) in [5.74, 6) is 0.312. The Balaban J connectivity index is 1.95. The smallest absolute Gasteiger partial charge is 0.330 e. The molecule has 17 heavy (non-hydrogen) atoms. The molecule has 1 N–H and O–H groups in total. The van der Waals surface area contributed by atoms with Crippen LogP contribution in [0.2, 0.25) is 0 Å². The van der Waals surface area contributed by atoms with Gasteiger partial charge in [0.2, 0.25) is 5.82 Å². The summed E-state index contributed by atoms with van der Waals surface area (Å²) in [5, 5.41) is 17.8. The highest BCUT2D eigenvalue weighted by atomic mass is 16.6.